The number of hydrogen-bond donors (Lipinski definition) is 0. The van der Waals surface area contributed by atoms with Gasteiger partial charge in [0.25, 0.3) is 0 Å². The minimum atomic E-state index is -3.57. The molecule has 7 aromatic rings. The normalized spacial score (nSPS) is 11.3. The number of aliphatic imine (C=N–C) groups is 2. The van der Waals surface area contributed by atoms with Crippen LogP contribution in [-0.2, 0) is 4.57 Å². The highest BCUT2D eigenvalue weighted by Crippen LogP contribution is 2.47. The zero-order chi connectivity index (χ0) is 43.5. The quantitative estimate of drug-likeness (QED) is 0.0444. The Bertz CT molecular complexity index is 2790. The van der Waals surface area contributed by atoms with Crippen LogP contribution in [0.4, 0.5) is 37.7 Å². The van der Waals surface area contributed by atoms with Gasteiger partial charge in [-0.15, -0.1) is 0 Å². The summed E-state index contributed by atoms with van der Waals surface area (Å²) in [4.78, 5) is 8.99. The van der Waals surface area contributed by atoms with Crippen molar-refractivity contribution in [2.75, 3.05) is 0 Å². The molecule has 0 saturated heterocycles. The molecule has 0 heterocycles. The minimum Gasteiger partial charge on any atom is -0.457 e. The third-order valence-corrected chi connectivity index (χ3v) is 11.9. The van der Waals surface area contributed by atoms with Crippen LogP contribution in [-0.4, -0.2) is 12.4 Å². The molecular weight excluding hydrogens is 829 g/mol. The molecule has 0 saturated carbocycles. The van der Waals surface area contributed by atoms with E-state index in [2.05, 4.69) is 19.5 Å². The molecule has 0 N–H and O–H groups in total. The van der Waals surface area contributed by atoms with Gasteiger partial charge in [0.2, 0.25) is 0 Å². The monoisotopic (exact) mass is 860 g/mol. The standard InChI is InChI=1S/C48H31F6N2O5P/c49-45(50)47(53)60-36-21-17-32(18-22-36)30-55-34-9-7-11-38(27-34)58-40-25-26-44(62(57,41-13-3-1-4-14-41)42-15-5-2-6-16-42)43(29-40)59-39-12-8-10-35(28-39)56-31-33-19-23-37(24-20-33)61-48(54)46(51)52/h1-31H. The lowest BCUT2D eigenvalue weighted by Gasteiger charge is -2.23. The zero-order valence-corrected chi connectivity index (χ0v) is 32.9. The molecule has 7 rings (SSSR count). The summed E-state index contributed by atoms with van der Waals surface area (Å²) < 4.78 is 113. The average Bonchev–Trinajstić information content (AvgIpc) is 3.29. The maximum atomic E-state index is 15.6. The second-order valence-corrected chi connectivity index (χ2v) is 15.8. The lowest BCUT2D eigenvalue weighted by molar-refractivity contribution is 0.241. The highest BCUT2D eigenvalue weighted by Gasteiger charge is 2.33. The molecule has 0 unspecified atom stereocenters. The fourth-order valence-corrected chi connectivity index (χ4v) is 8.69. The SMILES string of the molecule is O=P(c1ccccc1)(c1ccccc1)c1ccc(Oc2cccc(N=Cc3ccc(OC(F)=C(F)F)cc3)c2)cc1Oc1cccc(N=Cc2ccc(OC(F)=C(F)F)cc2)c1. The van der Waals surface area contributed by atoms with Crippen LogP contribution in [0.15, 0.2) is 210 Å². The summed E-state index contributed by atoms with van der Waals surface area (Å²) in [6.45, 7) is 0. The van der Waals surface area contributed by atoms with E-state index >= 15 is 4.57 Å². The number of ether oxygens (including phenoxy) is 4. The Balaban J connectivity index is 1.18. The molecule has 0 bridgehead atoms. The van der Waals surface area contributed by atoms with Gasteiger partial charge in [-0.1, -0.05) is 72.8 Å². The molecule has 0 aliphatic rings. The first-order valence-corrected chi connectivity index (χ1v) is 20.2. The molecule has 7 nitrogen and oxygen atoms in total. The lowest BCUT2D eigenvalue weighted by atomic mass is 10.2. The van der Waals surface area contributed by atoms with E-state index in [0.717, 1.165) is 0 Å². The molecule has 14 heteroatoms. The van der Waals surface area contributed by atoms with Gasteiger partial charge >= 0.3 is 24.2 Å². The van der Waals surface area contributed by atoms with Gasteiger partial charge in [0.1, 0.15) is 34.5 Å². The van der Waals surface area contributed by atoms with E-state index in [1.165, 1.54) is 61.0 Å². The van der Waals surface area contributed by atoms with Gasteiger partial charge in [0, 0.05) is 41.2 Å². The number of halogens is 6. The smallest absolute Gasteiger partial charge is 0.344 e. The summed E-state index contributed by atoms with van der Waals surface area (Å²) in [6.07, 6.45) is -2.07. The van der Waals surface area contributed by atoms with Crippen LogP contribution >= 0.6 is 7.14 Å². The Morgan fingerprint density at radius 1 is 0.435 bits per heavy atom. The van der Waals surface area contributed by atoms with Crippen LogP contribution in [0.3, 0.4) is 0 Å². The van der Waals surface area contributed by atoms with E-state index in [4.69, 9.17) is 9.47 Å². The molecule has 310 valence electrons. The third kappa shape index (κ3) is 10.8. The second kappa shape index (κ2) is 19.6. The van der Waals surface area contributed by atoms with Gasteiger partial charge < -0.3 is 23.5 Å². The van der Waals surface area contributed by atoms with Gasteiger partial charge in [-0.05, 0) is 96.1 Å². The molecule has 0 aliphatic heterocycles. The van der Waals surface area contributed by atoms with Crippen molar-refractivity contribution in [2.45, 2.75) is 0 Å². The fourth-order valence-electron chi connectivity index (χ4n) is 5.95. The van der Waals surface area contributed by atoms with Crippen molar-refractivity contribution in [3.63, 3.8) is 0 Å². The van der Waals surface area contributed by atoms with Crippen molar-refractivity contribution in [3.05, 3.63) is 211 Å². The molecule has 62 heavy (non-hydrogen) atoms. The summed E-state index contributed by atoms with van der Waals surface area (Å²) in [7, 11) is -3.57. The van der Waals surface area contributed by atoms with Crippen LogP contribution in [0.2, 0.25) is 0 Å². The molecule has 0 radical (unpaired) electrons. The molecule has 0 aliphatic carbocycles. The molecule has 0 aromatic heterocycles. The van der Waals surface area contributed by atoms with Crippen LogP contribution in [0.5, 0.6) is 34.5 Å². The zero-order valence-electron chi connectivity index (χ0n) is 32.0. The first-order valence-electron chi connectivity index (χ1n) is 18.5. The molecule has 7 aromatic carbocycles. The van der Waals surface area contributed by atoms with Gasteiger partial charge in [0.15, 0.2) is 7.14 Å². The number of hydrogen-bond acceptors (Lipinski definition) is 7. The number of rotatable bonds is 15. The van der Waals surface area contributed by atoms with Crippen LogP contribution in [0.25, 0.3) is 0 Å². The van der Waals surface area contributed by atoms with E-state index in [-0.39, 0.29) is 17.2 Å². The summed E-state index contributed by atoms with van der Waals surface area (Å²) in [5.74, 6) is 1.15. The molecule has 0 atom stereocenters. The highest BCUT2D eigenvalue weighted by atomic mass is 31.2. The summed E-state index contributed by atoms with van der Waals surface area (Å²) in [6, 6.07) is 44.4. The highest BCUT2D eigenvalue weighted by molar-refractivity contribution is 7.85. The first-order chi connectivity index (χ1) is 30.0. The Kier molecular flexibility index (Phi) is 13.4. The van der Waals surface area contributed by atoms with Crippen molar-refractivity contribution in [2.24, 2.45) is 9.98 Å². The van der Waals surface area contributed by atoms with Crippen molar-refractivity contribution in [1.82, 2.24) is 0 Å². The maximum absolute atomic E-state index is 15.6. The third-order valence-electron chi connectivity index (χ3n) is 8.81. The molecular formula is C48H31F6N2O5P. The van der Waals surface area contributed by atoms with Gasteiger partial charge in [-0.3, -0.25) is 9.98 Å². The predicted molar refractivity (Wildman–Crippen MR) is 228 cm³/mol. The van der Waals surface area contributed by atoms with Gasteiger partial charge in [-0.2, -0.15) is 26.3 Å². The topological polar surface area (TPSA) is 78.7 Å². The van der Waals surface area contributed by atoms with Gasteiger partial charge in [0.05, 0.1) is 16.7 Å². The molecule has 0 spiro atoms. The molecule has 0 fully saturated rings. The molecule has 0 amide bonds. The van der Waals surface area contributed by atoms with E-state index in [1.54, 1.807) is 66.7 Å². The Labute approximate surface area is 351 Å². The van der Waals surface area contributed by atoms with E-state index in [1.807, 2.05) is 60.7 Å². The Morgan fingerprint density at radius 3 is 1.31 bits per heavy atom. The number of benzene rings is 7. The van der Waals surface area contributed by atoms with Crippen molar-refractivity contribution < 1.29 is 49.9 Å². The van der Waals surface area contributed by atoms with Crippen LogP contribution in [0, 0.1) is 0 Å². The first kappa shape index (κ1) is 42.5. The van der Waals surface area contributed by atoms with E-state index < -0.39 is 31.3 Å². The van der Waals surface area contributed by atoms with Crippen molar-refractivity contribution in [1.29, 1.82) is 0 Å². The summed E-state index contributed by atoms with van der Waals surface area (Å²) >= 11 is 0. The van der Waals surface area contributed by atoms with Crippen molar-refractivity contribution >= 4 is 46.9 Å². The van der Waals surface area contributed by atoms with Crippen molar-refractivity contribution in [3.8, 4) is 34.5 Å². The van der Waals surface area contributed by atoms with Crippen LogP contribution in [0.1, 0.15) is 11.1 Å². The largest absolute Gasteiger partial charge is 0.457 e. The second-order valence-electron chi connectivity index (χ2n) is 13.0. The average molecular weight is 861 g/mol. The summed E-state index contributed by atoms with van der Waals surface area (Å²) in [5.41, 5.74) is 2.17. The number of nitrogens with zero attached hydrogens (tertiary/aromatic N) is 2. The maximum Gasteiger partial charge on any atom is 0.344 e. The van der Waals surface area contributed by atoms with Gasteiger partial charge in [-0.25, -0.2) is 0 Å². The fraction of sp³-hybridized carbons (Fsp3) is 0. The van der Waals surface area contributed by atoms with E-state index in [9.17, 15) is 26.3 Å². The van der Waals surface area contributed by atoms with Crippen LogP contribution < -0.4 is 34.9 Å². The minimum absolute atomic E-state index is 0.108. The predicted octanol–water partition coefficient (Wildman–Crippen LogP) is 13.2. The Morgan fingerprint density at radius 2 is 0.855 bits per heavy atom. The lowest BCUT2D eigenvalue weighted by Crippen LogP contribution is -2.26. The summed E-state index contributed by atoms with van der Waals surface area (Å²) in [5, 5.41) is 1.57. The Hall–Kier alpha value is -7.63. The van der Waals surface area contributed by atoms with E-state index in [0.29, 0.717) is 55.7 Å².